The SMILES string of the molecule is C=CCCCCCOC(=O)C1C=CCCC1C(=O)OCCCCCC=C. The molecule has 2 unspecified atom stereocenters. The second-order valence-corrected chi connectivity index (χ2v) is 6.75. The first kappa shape index (κ1) is 22.2. The Bertz CT molecular complexity index is 467. The van der Waals surface area contributed by atoms with E-state index in [1.54, 1.807) is 6.08 Å². The third kappa shape index (κ3) is 9.02. The van der Waals surface area contributed by atoms with E-state index in [2.05, 4.69) is 13.2 Å². The highest BCUT2D eigenvalue weighted by Gasteiger charge is 2.35. The molecule has 0 heterocycles. The Morgan fingerprint density at radius 3 is 2.04 bits per heavy atom. The Morgan fingerprint density at radius 2 is 1.46 bits per heavy atom. The maximum absolute atomic E-state index is 12.4. The van der Waals surface area contributed by atoms with E-state index >= 15 is 0 Å². The highest BCUT2D eigenvalue weighted by Crippen LogP contribution is 2.27. The lowest BCUT2D eigenvalue weighted by atomic mass is 9.84. The minimum absolute atomic E-state index is 0.272. The summed E-state index contributed by atoms with van der Waals surface area (Å²) in [5.41, 5.74) is 0. The van der Waals surface area contributed by atoms with E-state index in [-0.39, 0.29) is 11.9 Å². The quantitative estimate of drug-likeness (QED) is 0.244. The van der Waals surface area contributed by atoms with Crippen LogP contribution in [0, 0.1) is 11.8 Å². The van der Waals surface area contributed by atoms with Gasteiger partial charge in [-0.2, -0.15) is 0 Å². The number of unbranched alkanes of at least 4 members (excludes halogenated alkanes) is 6. The third-order valence-corrected chi connectivity index (χ3v) is 4.59. The van der Waals surface area contributed by atoms with Crippen molar-refractivity contribution in [3.63, 3.8) is 0 Å². The van der Waals surface area contributed by atoms with Crippen molar-refractivity contribution in [1.82, 2.24) is 0 Å². The Kier molecular flexibility index (Phi) is 12.2. The van der Waals surface area contributed by atoms with Crippen LogP contribution in [-0.4, -0.2) is 25.2 Å². The number of rotatable bonds is 14. The van der Waals surface area contributed by atoms with Crippen LogP contribution < -0.4 is 0 Å². The zero-order chi connectivity index (χ0) is 19.0. The van der Waals surface area contributed by atoms with Gasteiger partial charge in [-0.05, 0) is 64.2 Å². The molecule has 0 aromatic rings. The standard InChI is InChI=1S/C22H34O4/c1-3-5-7-9-13-17-25-21(23)19-15-11-12-16-20(19)22(24)26-18-14-10-8-6-4-2/h3-4,11,15,19-20H,1-2,5-10,12-14,16-18H2. The van der Waals surface area contributed by atoms with Gasteiger partial charge in [0.2, 0.25) is 0 Å². The second kappa shape index (κ2) is 14.3. The molecule has 26 heavy (non-hydrogen) atoms. The molecule has 1 rings (SSSR count). The van der Waals surface area contributed by atoms with Crippen molar-refractivity contribution in [2.24, 2.45) is 11.8 Å². The number of allylic oxidation sites excluding steroid dienone is 3. The van der Waals surface area contributed by atoms with E-state index in [0.717, 1.165) is 57.8 Å². The summed E-state index contributed by atoms with van der Waals surface area (Å²) in [5, 5.41) is 0. The van der Waals surface area contributed by atoms with Gasteiger partial charge in [0, 0.05) is 0 Å². The first-order valence-corrected chi connectivity index (χ1v) is 9.92. The van der Waals surface area contributed by atoms with Gasteiger partial charge in [0.05, 0.1) is 25.0 Å². The van der Waals surface area contributed by atoms with E-state index in [1.807, 2.05) is 18.2 Å². The molecule has 0 N–H and O–H groups in total. The van der Waals surface area contributed by atoms with Crippen molar-refractivity contribution < 1.29 is 19.1 Å². The van der Waals surface area contributed by atoms with Crippen LogP contribution in [0.3, 0.4) is 0 Å². The van der Waals surface area contributed by atoms with Crippen molar-refractivity contribution in [3.8, 4) is 0 Å². The molecule has 0 fully saturated rings. The summed E-state index contributed by atoms with van der Waals surface area (Å²) in [6.45, 7) is 8.21. The smallest absolute Gasteiger partial charge is 0.313 e. The van der Waals surface area contributed by atoms with Gasteiger partial charge in [-0.15, -0.1) is 13.2 Å². The fourth-order valence-corrected chi connectivity index (χ4v) is 3.02. The molecular weight excluding hydrogens is 328 g/mol. The van der Waals surface area contributed by atoms with Crippen molar-refractivity contribution in [1.29, 1.82) is 0 Å². The van der Waals surface area contributed by atoms with Gasteiger partial charge in [-0.25, -0.2) is 0 Å². The lowest BCUT2D eigenvalue weighted by Crippen LogP contribution is -2.33. The van der Waals surface area contributed by atoms with Crippen LogP contribution >= 0.6 is 0 Å². The Hall–Kier alpha value is -1.84. The number of esters is 2. The number of hydrogen-bond acceptors (Lipinski definition) is 4. The summed E-state index contributed by atoms with van der Waals surface area (Å²) in [6, 6.07) is 0. The zero-order valence-corrected chi connectivity index (χ0v) is 16.0. The third-order valence-electron chi connectivity index (χ3n) is 4.59. The first-order chi connectivity index (χ1) is 12.7. The molecule has 0 radical (unpaired) electrons. The van der Waals surface area contributed by atoms with Crippen molar-refractivity contribution in [2.75, 3.05) is 13.2 Å². The van der Waals surface area contributed by atoms with Gasteiger partial charge in [0.25, 0.3) is 0 Å². The van der Waals surface area contributed by atoms with Crippen LogP contribution in [0.15, 0.2) is 37.5 Å². The maximum atomic E-state index is 12.4. The molecule has 0 saturated carbocycles. The molecule has 0 aromatic heterocycles. The van der Waals surface area contributed by atoms with Gasteiger partial charge < -0.3 is 9.47 Å². The van der Waals surface area contributed by atoms with Crippen molar-refractivity contribution >= 4 is 11.9 Å². The minimum Gasteiger partial charge on any atom is -0.465 e. The highest BCUT2D eigenvalue weighted by molar-refractivity contribution is 5.83. The van der Waals surface area contributed by atoms with Crippen LogP contribution in [0.5, 0.6) is 0 Å². The van der Waals surface area contributed by atoms with Crippen LogP contribution in [0.1, 0.15) is 64.2 Å². The fourth-order valence-electron chi connectivity index (χ4n) is 3.02. The van der Waals surface area contributed by atoms with E-state index in [1.165, 1.54) is 0 Å². The normalized spacial score (nSPS) is 18.9. The molecule has 0 aromatic carbocycles. The summed E-state index contributed by atoms with van der Waals surface area (Å²) in [6.07, 6.45) is 16.8. The summed E-state index contributed by atoms with van der Waals surface area (Å²) >= 11 is 0. The van der Waals surface area contributed by atoms with Gasteiger partial charge in [0.15, 0.2) is 0 Å². The number of carbonyl (C=O) groups is 2. The molecule has 0 aliphatic heterocycles. The number of carbonyl (C=O) groups excluding carboxylic acids is 2. The van der Waals surface area contributed by atoms with E-state index < -0.39 is 11.8 Å². The fraction of sp³-hybridized carbons (Fsp3) is 0.636. The maximum Gasteiger partial charge on any atom is 0.313 e. The molecule has 146 valence electrons. The molecular formula is C22H34O4. The van der Waals surface area contributed by atoms with Crippen LogP contribution in [0.4, 0.5) is 0 Å². The Labute approximate surface area is 158 Å². The molecule has 0 bridgehead atoms. The molecule has 4 heteroatoms. The lowest BCUT2D eigenvalue weighted by Gasteiger charge is -2.24. The van der Waals surface area contributed by atoms with Gasteiger partial charge in [0.1, 0.15) is 0 Å². The van der Waals surface area contributed by atoms with Crippen molar-refractivity contribution in [2.45, 2.75) is 64.2 Å². The second-order valence-electron chi connectivity index (χ2n) is 6.75. The Morgan fingerprint density at radius 1 is 0.885 bits per heavy atom. The van der Waals surface area contributed by atoms with Crippen LogP contribution in [-0.2, 0) is 19.1 Å². The molecule has 1 aliphatic rings. The molecule has 1 aliphatic carbocycles. The van der Waals surface area contributed by atoms with E-state index in [9.17, 15) is 9.59 Å². The molecule has 0 amide bonds. The first-order valence-electron chi connectivity index (χ1n) is 9.92. The van der Waals surface area contributed by atoms with Gasteiger partial charge in [-0.1, -0.05) is 24.3 Å². The predicted octanol–water partition coefficient (Wildman–Crippen LogP) is 5.15. The summed E-state index contributed by atoms with van der Waals surface area (Å²) < 4.78 is 10.8. The van der Waals surface area contributed by atoms with Crippen LogP contribution in [0.25, 0.3) is 0 Å². The highest BCUT2D eigenvalue weighted by atomic mass is 16.5. The molecule has 0 spiro atoms. The summed E-state index contributed by atoms with van der Waals surface area (Å²) in [7, 11) is 0. The molecule has 4 nitrogen and oxygen atoms in total. The average molecular weight is 363 g/mol. The molecule has 2 atom stereocenters. The largest absolute Gasteiger partial charge is 0.465 e. The van der Waals surface area contributed by atoms with Gasteiger partial charge in [-0.3, -0.25) is 9.59 Å². The van der Waals surface area contributed by atoms with E-state index in [4.69, 9.17) is 9.47 Å². The van der Waals surface area contributed by atoms with Crippen molar-refractivity contribution in [3.05, 3.63) is 37.5 Å². The summed E-state index contributed by atoms with van der Waals surface area (Å²) in [4.78, 5) is 24.7. The van der Waals surface area contributed by atoms with E-state index in [0.29, 0.717) is 19.6 Å². The monoisotopic (exact) mass is 362 g/mol. The average Bonchev–Trinajstić information content (AvgIpc) is 2.67. The number of hydrogen-bond donors (Lipinski definition) is 0. The minimum atomic E-state index is -0.509. The predicted molar refractivity (Wildman–Crippen MR) is 105 cm³/mol. The zero-order valence-electron chi connectivity index (χ0n) is 16.0. The topological polar surface area (TPSA) is 52.6 Å². The van der Waals surface area contributed by atoms with Gasteiger partial charge >= 0.3 is 11.9 Å². The summed E-state index contributed by atoms with van der Waals surface area (Å²) in [5.74, 6) is -1.50. The molecule has 0 saturated heterocycles. The Balaban J connectivity index is 2.32. The van der Waals surface area contributed by atoms with Crippen LogP contribution in [0.2, 0.25) is 0 Å². The lowest BCUT2D eigenvalue weighted by molar-refractivity contribution is -0.159. The number of ether oxygens (including phenoxy) is 2.